The molecule has 13 heteroatoms. The molecule has 1 saturated carbocycles. The number of benzene rings is 2. The minimum Gasteiger partial charge on any atom is -0.338 e. The Kier molecular flexibility index (Phi) is 6.50. The van der Waals surface area contributed by atoms with Crippen molar-refractivity contribution in [3.63, 3.8) is 0 Å². The van der Waals surface area contributed by atoms with Crippen molar-refractivity contribution in [2.24, 2.45) is 7.05 Å². The molecule has 2 N–H and O–H groups in total. The van der Waals surface area contributed by atoms with Crippen LogP contribution >= 0.6 is 22.6 Å². The van der Waals surface area contributed by atoms with Gasteiger partial charge in [-0.15, -0.1) is 0 Å². The largest absolute Gasteiger partial charge is 0.338 e. The fourth-order valence-electron chi connectivity index (χ4n) is 5.37. The van der Waals surface area contributed by atoms with Gasteiger partial charge in [0, 0.05) is 28.8 Å². The third kappa shape index (κ3) is 4.30. The summed E-state index contributed by atoms with van der Waals surface area (Å²) in [5.41, 5.74) is -0.541. The van der Waals surface area contributed by atoms with Crippen LogP contribution in [0.5, 0.6) is 0 Å². The summed E-state index contributed by atoms with van der Waals surface area (Å²) < 4.78 is 47.0. The molecule has 2 aromatic carbocycles. The molecular weight excluding hydrogens is 652 g/mol. The van der Waals surface area contributed by atoms with E-state index in [1.54, 1.807) is 30.3 Å². The van der Waals surface area contributed by atoms with Gasteiger partial charge in [0.15, 0.2) is 0 Å². The number of aryl methyl sites for hydroxylation is 1. The van der Waals surface area contributed by atoms with Crippen LogP contribution in [0.1, 0.15) is 41.7 Å². The summed E-state index contributed by atoms with van der Waals surface area (Å²) in [7, 11) is -2.09. The van der Waals surface area contributed by atoms with Crippen LogP contribution in [0.25, 0.3) is 16.6 Å². The van der Waals surface area contributed by atoms with Gasteiger partial charge in [-0.1, -0.05) is 12.1 Å². The highest BCUT2D eigenvalue weighted by atomic mass is 127. The predicted octanol–water partition coefficient (Wildman–Crippen LogP) is 3.35. The molecule has 0 bridgehead atoms. The van der Waals surface area contributed by atoms with E-state index in [9.17, 15) is 27.2 Å². The molecule has 1 aliphatic heterocycles. The van der Waals surface area contributed by atoms with Gasteiger partial charge in [0.05, 0.1) is 16.9 Å². The van der Waals surface area contributed by atoms with E-state index in [1.165, 1.54) is 39.8 Å². The van der Waals surface area contributed by atoms with Gasteiger partial charge in [0.2, 0.25) is 10.0 Å². The zero-order valence-corrected chi connectivity index (χ0v) is 24.5. The van der Waals surface area contributed by atoms with Crippen molar-refractivity contribution in [1.29, 1.82) is 0 Å². The van der Waals surface area contributed by atoms with Crippen LogP contribution in [0.15, 0.2) is 56.8 Å². The SMILES string of the molecule is Cc1c(=O)n(C)c(Nc2ccc(I)cc2F)c2c(=O)n(C3CC3)c(=O)n(-c3cccc(C4CCNS4(=O)=O)c3)c12. The summed E-state index contributed by atoms with van der Waals surface area (Å²) in [6, 6.07) is 10.8. The average molecular weight is 677 g/mol. The number of anilines is 2. The van der Waals surface area contributed by atoms with Crippen molar-refractivity contribution in [1.82, 2.24) is 18.4 Å². The third-order valence-electron chi connectivity index (χ3n) is 7.52. The lowest BCUT2D eigenvalue weighted by Gasteiger charge is -2.21. The monoisotopic (exact) mass is 677 g/mol. The second-order valence-corrected chi connectivity index (χ2v) is 13.3. The number of hydrogen-bond acceptors (Lipinski definition) is 6. The van der Waals surface area contributed by atoms with Gasteiger partial charge in [-0.25, -0.2) is 22.3 Å². The Morgan fingerprint density at radius 2 is 1.80 bits per heavy atom. The Hall–Kier alpha value is -3.30. The van der Waals surface area contributed by atoms with Crippen LogP contribution in [-0.2, 0) is 17.1 Å². The van der Waals surface area contributed by atoms with Gasteiger partial charge >= 0.3 is 5.69 Å². The second-order valence-electron chi connectivity index (χ2n) is 10.1. The maximum absolute atomic E-state index is 14.9. The van der Waals surface area contributed by atoms with Gasteiger partial charge in [-0.2, -0.15) is 0 Å². The minimum absolute atomic E-state index is 0.0533. The van der Waals surface area contributed by atoms with E-state index in [4.69, 9.17) is 0 Å². The van der Waals surface area contributed by atoms with E-state index in [1.807, 2.05) is 22.6 Å². The summed E-state index contributed by atoms with van der Waals surface area (Å²) in [6.07, 6.45) is 1.66. The van der Waals surface area contributed by atoms with Gasteiger partial charge < -0.3 is 5.32 Å². The molecule has 40 heavy (non-hydrogen) atoms. The van der Waals surface area contributed by atoms with E-state index >= 15 is 0 Å². The summed E-state index contributed by atoms with van der Waals surface area (Å²) in [5.74, 6) is -0.513. The summed E-state index contributed by atoms with van der Waals surface area (Å²) in [4.78, 5) is 41.4. The highest BCUT2D eigenvalue weighted by Gasteiger charge is 2.34. The van der Waals surface area contributed by atoms with Gasteiger partial charge in [0.25, 0.3) is 11.1 Å². The highest BCUT2D eigenvalue weighted by molar-refractivity contribution is 14.1. The standard InChI is InChI=1S/C27H25FIN5O5S/c1-14-23-22(24(32(2)25(14)35)31-20-9-6-16(29)13-19(20)28)26(36)34(17-7-8-17)27(37)33(23)18-5-3-4-15(12-18)21-10-11-30-40(21,38)39/h3-6,9,12-13,17,21,30-31H,7-8,10-11H2,1-2H3. The number of aromatic nitrogens is 3. The van der Waals surface area contributed by atoms with Crippen LogP contribution < -0.4 is 26.8 Å². The van der Waals surface area contributed by atoms with Crippen molar-refractivity contribution in [3.8, 4) is 5.69 Å². The zero-order valence-electron chi connectivity index (χ0n) is 21.6. The Balaban J connectivity index is 1.69. The molecule has 2 aromatic heterocycles. The predicted molar refractivity (Wildman–Crippen MR) is 159 cm³/mol. The van der Waals surface area contributed by atoms with Crippen LogP contribution in [0.3, 0.4) is 0 Å². The molecule has 0 amide bonds. The molecule has 6 rings (SSSR count). The normalized spacial score (nSPS) is 18.4. The Morgan fingerprint density at radius 1 is 1.05 bits per heavy atom. The molecule has 1 aliphatic carbocycles. The summed E-state index contributed by atoms with van der Waals surface area (Å²) >= 11 is 1.98. The molecule has 2 fully saturated rings. The van der Waals surface area contributed by atoms with Crippen LogP contribution in [0.4, 0.5) is 15.9 Å². The maximum atomic E-state index is 14.9. The highest BCUT2D eigenvalue weighted by Crippen LogP contribution is 2.35. The first-order valence-electron chi connectivity index (χ1n) is 12.7. The first-order chi connectivity index (χ1) is 19.0. The average Bonchev–Trinajstić information content (AvgIpc) is 3.67. The number of pyridine rings is 1. The molecule has 2 aliphatic rings. The van der Waals surface area contributed by atoms with Crippen molar-refractivity contribution in [2.75, 3.05) is 11.9 Å². The summed E-state index contributed by atoms with van der Waals surface area (Å²) in [5, 5.41) is 2.21. The van der Waals surface area contributed by atoms with Gasteiger partial charge in [0.1, 0.15) is 22.3 Å². The van der Waals surface area contributed by atoms with Crippen LogP contribution in [-0.4, -0.2) is 28.7 Å². The van der Waals surface area contributed by atoms with E-state index in [0.717, 1.165) is 0 Å². The van der Waals surface area contributed by atoms with E-state index in [-0.39, 0.29) is 34.0 Å². The quantitative estimate of drug-likeness (QED) is 0.313. The fourth-order valence-corrected chi connectivity index (χ4v) is 7.36. The number of nitrogens with one attached hydrogen (secondary N) is 2. The second kappa shape index (κ2) is 9.66. The lowest BCUT2D eigenvalue weighted by Crippen LogP contribution is -2.41. The van der Waals surface area contributed by atoms with Gasteiger partial charge in [-0.3, -0.25) is 23.3 Å². The van der Waals surface area contributed by atoms with Crippen molar-refractivity contribution in [3.05, 3.63) is 94.2 Å². The van der Waals surface area contributed by atoms with E-state index in [0.29, 0.717) is 40.6 Å². The Labute approximate surface area is 241 Å². The topological polar surface area (TPSA) is 124 Å². The number of sulfonamides is 1. The molecule has 4 aromatic rings. The van der Waals surface area contributed by atoms with Crippen molar-refractivity contribution >= 4 is 55.0 Å². The molecule has 3 heterocycles. The number of hydrogen-bond donors (Lipinski definition) is 2. The lowest BCUT2D eigenvalue weighted by atomic mass is 10.1. The van der Waals surface area contributed by atoms with Crippen LogP contribution in [0.2, 0.25) is 0 Å². The molecular formula is C27H25FIN5O5S. The number of rotatable bonds is 5. The summed E-state index contributed by atoms with van der Waals surface area (Å²) in [6.45, 7) is 1.85. The third-order valence-corrected chi connectivity index (χ3v) is 10.1. The molecule has 1 atom stereocenters. The molecule has 1 saturated heterocycles. The fraction of sp³-hybridized carbons (Fsp3) is 0.296. The first kappa shape index (κ1) is 26.9. The van der Waals surface area contributed by atoms with Crippen LogP contribution in [0, 0.1) is 16.3 Å². The molecule has 208 valence electrons. The molecule has 10 nitrogen and oxygen atoms in total. The minimum atomic E-state index is -3.57. The molecule has 0 radical (unpaired) electrons. The van der Waals surface area contributed by atoms with Crippen molar-refractivity contribution in [2.45, 2.75) is 37.5 Å². The number of fused-ring (bicyclic) bond motifs is 1. The van der Waals surface area contributed by atoms with E-state index in [2.05, 4.69) is 10.0 Å². The van der Waals surface area contributed by atoms with Gasteiger partial charge in [-0.05, 0) is 84.7 Å². The Bertz CT molecular complexity index is 2010. The zero-order chi connectivity index (χ0) is 28.5. The number of nitrogens with zero attached hydrogens (tertiary/aromatic N) is 3. The smallest absolute Gasteiger partial charge is 0.336 e. The maximum Gasteiger partial charge on any atom is 0.336 e. The number of halogens is 2. The van der Waals surface area contributed by atoms with Crippen molar-refractivity contribution < 1.29 is 12.8 Å². The Morgan fingerprint density at radius 3 is 2.45 bits per heavy atom. The lowest BCUT2D eigenvalue weighted by molar-refractivity contribution is 0.586. The molecule has 0 spiro atoms. The molecule has 1 unspecified atom stereocenters. The first-order valence-corrected chi connectivity index (χ1v) is 15.3. The van der Waals surface area contributed by atoms with E-state index < -0.39 is 37.9 Å².